The van der Waals surface area contributed by atoms with Crippen molar-refractivity contribution in [2.45, 2.75) is 25.4 Å². The number of nitro groups is 1. The minimum Gasteiger partial charge on any atom is -0.386 e. The van der Waals surface area contributed by atoms with Gasteiger partial charge in [-0.3, -0.25) is 10.1 Å². The van der Waals surface area contributed by atoms with E-state index in [1.54, 1.807) is 6.92 Å². The molecular weight excluding hydrogens is 190 g/mol. The highest BCUT2D eigenvalue weighted by atomic mass is 16.7. The SMILES string of the molecule is COC1C=C(C[N+](=O)[O-])C(O)C(C)O1. The fourth-order valence-electron chi connectivity index (χ4n) is 1.32. The van der Waals surface area contributed by atoms with Crippen LogP contribution in [0.1, 0.15) is 6.92 Å². The molecule has 80 valence electrons. The predicted molar refractivity (Wildman–Crippen MR) is 47.3 cm³/mol. The van der Waals surface area contributed by atoms with E-state index in [9.17, 15) is 15.2 Å². The topological polar surface area (TPSA) is 81.8 Å². The highest BCUT2D eigenvalue weighted by molar-refractivity contribution is 5.14. The van der Waals surface area contributed by atoms with Crippen LogP contribution < -0.4 is 0 Å². The van der Waals surface area contributed by atoms with Crippen LogP contribution >= 0.6 is 0 Å². The second kappa shape index (κ2) is 4.50. The maximum absolute atomic E-state index is 10.3. The fourth-order valence-corrected chi connectivity index (χ4v) is 1.32. The molecule has 0 spiro atoms. The van der Waals surface area contributed by atoms with E-state index in [1.807, 2.05) is 0 Å². The number of methoxy groups -OCH3 is 1. The molecule has 0 fully saturated rings. The highest BCUT2D eigenvalue weighted by Crippen LogP contribution is 2.19. The molecule has 0 saturated carbocycles. The third kappa shape index (κ3) is 2.50. The molecule has 1 aliphatic heterocycles. The summed E-state index contributed by atoms with van der Waals surface area (Å²) in [6, 6.07) is 0. The molecule has 0 aromatic rings. The summed E-state index contributed by atoms with van der Waals surface area (Å²) in [7, 11) is 1.44. The third-order valence-electron chi connectivity index (χ3n) is 2.07. The van der Waals surface area contributed by atoms with E-state index < -0.39 is 23.4 Å². The number of aliphatic hydroxyl groups excluding tert-OH is 1. The van der Waals surface area contributed by atoms with Gasteiger partial charge in [-0.15, -0.1) is 0 Å². The van der Waals surface area contributed by atoms with Gasteiger partial charge in [-0.25, -0.2) is 0 Å². The van der Waals surface area contributed by atoms with E-state index in [-0.39, 0.29) is 6.54 Å². The molecule has 6 heteroatoms. The molecule has 1 N–H and O–H groups in total. The Labute approximate surface area is 81.3 Å². The van der Waals surface area contributed by atoms with Crippen LogP contribution in [0.3, 0.4) is 0 Å². The van der Waals surface area contributed by atoms with Crippen molar-refractivity contribution in [3.05, 3.63) is 21.8 Å². The molecule has 3 atom stereocenters. The van der Waals surface area contributed by atoms with E-state index in [2.05, 4.69) is 0 Å². The molecule has 3 unspecified atom stereocenters. The molecular formula is C8H13NO5. The van der Waals surface area contributed by atoms with Gasteiger partial charge in [-0.1, -0.05) is 0 Å². The van der Waals surface area contributed by atoms with Crippen LogP contribution in [0.2, 0.25) is 0 Å². The third-order valence-corrected chi connectivity index (χ3v) is 2.07. The van der Waals surface area contributed by atoms with Crippen LogP contribution in [-0.4, -0.2) is 42.2 Å². The molecule has 1 heterocycles. The molecule has 14 heavy (non-hydrogen) atoms. The zero-order chi connectivity index (χ0) is 10.7. The lowest BCUT2D eigenvalue weighted by Crippen LogP contribution is -2.39. The Balaban J connectivity index is 2.76. The zero-order valence-corrected chi connectivity index (χ0v) is 8.04. The number of ether oxygens (including phenoxy) is 2. The average Bonchev–Trinajstić information content (AvgIpc) is 2.11. The molecule has 0 amide bonds. The Bertz CT molecular complexity index is 252. The molecule has 0 aromatic heterocycles. The molecule has 0 aliphatic carbocycles. The molecule has 0 radical (unpaired) electrons. The Hall–Kier alpha value is -0.980. The number of aliphatic hydroxyl groups is 1. The first-order valence-corrected chi connectivity index (χ1v) is 4.23. The molecule has 0 aromatic carbocycles. The van der Waals surface area contributed by atoms with E-state index in [1.165, 1.54) is 13.2 Å². The van der Waals surface area contributed by atoms with Crippen molar-refractivity contribution in [3.63, 3.8) is 0 Å². The van der Waals surface area contributed by atoms with Gasteiger partial charge < -0.3 is 14.6 Å². The highest BCUT2D eigenvalue weighted by Gasteiger charge is 2.30. The summed E-state index contributed by atoms with van der Waals surface area (Å²) in [4.78, 5) is 9.80. The molecule has 0 saturated heterocycles. The van der Waals surface area contributed by atoms with Gasteiger partial charge in [0.05, 0.1) is 6.10 Å². The van der Waals surface area contributed by atoms with Crippen molar-refractivity contribution in [2.75, 3.05) is 13.7 Å². The van der Waals surface area contributed by atoms with Crippen LogP contribution in [0.5, 0.6) is 0 Å². The number of hydrogen-bond donors (Lipinski definition) is 1. The summed E-state index contributed by atoms with van der Waals surface area (Å²) in [6.07, 6.45) is -0.581. The second-order valence-electron chi connectivity index (χ2n) is 3.12. The van der Waals surface area contributed by atoms with Crippen LogP contribution in [0, 0.1) is 10.1 Å². The lowest BCUT2D eigenvalue weighted by atomic mass is 10.0. The van der Waals surface area contributed by atoms with E-state index in [0.29, 0.717) is 5.57 Å². The van der Waals surface area contributed by atoms with Crippen LogP contribution in [-0.2, 0) is 9.47 Å². The summed E-state index contributed by atoms with van der Waals surface area (Å²) in [5.74, 6) is 0. The zero-order valence-electron chi connectivity index (χ0n) is 8.04. The standard InChI is InChI=1S/C8H13NO5/c1-5-8(10)6(4-9(11)12)3-7(13-2)14-5/h3,5,7-8,10H,4H2,1-2H3. The van der Waals surface area contributed by atoms with Crippen molar-refractivity contribution in [2.24, 2.45) is 0 Å². The van der Waals surface area contributed by atoms with Gasteiger partial charge in [0.1, 0.15) is 6.10 Å². The summed E-state index contributed by atoms with van der Waals surface area (Å²) >= 11 is 0. The van der Waals surface area contributed by atoms with Crippen molar-refractivity contribution in [1.82, 2.24) is 0 Å². The van der Waals surface area contributed by atoms with Gasteiger partial charge in [-0.2, -0.15) is 0 Å². The average molecular weight is 203 g/mol. The van der Waals surface area contributed by atoms with Crippen molar-refractivity contribution in [1.29, 1.82) is 0 Å². The van der Waals surface area contributed by atoms with E-state index >= 15 is 0 Å². The largest absolute Gasteiger partial charge is 0.386 e. The molecule has 0 bridgehead atoms. The van der Waals surface area contributed by atoms with Gasteiger partial charge >= 0.3 is 0 Å². The Morgan fingerprint density at radius 1 is 1.79 bits per heavy atom. The van der Waals surface area contributed by atoms with Gasteiger partial charge in [-0.05, 0) is 13.0 Å². The Morgan fingerprint density at radius 2 is 2.43 bits per heavy atom. The van der Waals surface area contributed by atoms with Crippen LogP contribution in [0.4, 0.5) is 0 Å². The van der Waals surface area contributed by atoms with Crippen molar-refractivity contribution >= 4 is 0 Å². The summed E-state index contributed by atoms with van der Waals surface area (Å²) in [5, 5.41) is 19.8. The minimum absolute atomic E-state index is 0.334. The molecule has 1 rings (SSSR count). The van der Waals surface area contributed by atoms with E-state index in [4.69, 9.17) is 9.47 Å². The molecule has 6 nitrogen and oxygen atoms in total. The number of hydrogen-bond acceptors (Lipinski definition) is 5. The van der Waals surface area contributed by atoms with Crippen molar-refractivity contribution < 1.29 is 19.5 Å². The lowest BCUT2D eigenvalue weighted by Gasteiger charge is -2.29. The maximum atomic E-state index is 10.3. The lowest BCUT2D eigenvalue weighted by molar-refractivity contribution is -0.472. The first-order valence-electron chi connectivity index (χ1n) is 4.23. The second-order valence-corrected chi connectivity index (χ2v) is 3.12. The molecule has 1 aliphatic rings. The van der Waals surface area contributed by atoms with Crippen molar-refractivity contribution in [3.8, 4) is 0 Å². The maximum Gasteiger partial charge on any atom is 0.227 e. The van der Waals surface area contributed by atoms with Gasteiger partial charge in [0.25, 0.3) is 0 Å². The van der Waals surface area contributed by atoms with Gasteiger partial charge in [0, 0.05) is 17.6 Å². The first kappa shape index (κ1) is 11.1. The minimum atomic E-state index is -0.924. The summed E-state index contributed by atoms with van der Waals surface area (Å²) < 4.78 is 10.1. The predicted octanol–water partition coefficient (Wildman–Crippen LogP) is -0.0584. The normalized spacial score (nSPS) is 32.5. The summed E-state index contributed by atoms with van der Waals surface area (Å²) in [5.41, 5.74) is 0.334. The number of nitrogens with zero attached hydrogens (tertiary/aromatic N) is 1. The first-order chi connectivity index (χ1) is 6.54. The summed E-state index contributed by atoms with van der Waals surface area (Å²) in [6.45, 7) is 1.26. The van der Waals surface area contributed by atoms with Gasteiger partial charge in [0.15, 0.2) is 6.29 Å². The smallest absolute Gasteiger partial charge is 0.227 e. The van der Waals surface area contributed by atoms with E-state index in [0.717, 1.165) is 0 Å². The number of rotatable bonds is 3. The monoisotopic (exact) mass is 203 g/mol. The Kier molecular flexibility index (Phi) is 3.56. The van der Waals surface area contributed by atoms with Gasteiger partial charge in [0.2, 0.25) is 6.54 Å². The Morgan fingerprint density at radius 3 is 2.93 bits per heavy atom. The quantitative estimate of drug-likeness (QED) is 0.395. The van der Waals surface area contributed by atoms with Crippen LogP contribution in [0.25, 0.3) is 0 Å². The van der Waals surface area contributed by atoms with Crippen LogP contribution in [0.15, 0.2) is 11.6 Å². The fraction of sp³-hybridized carbons (Fsp3) is 0.750.